The Hall–Kier alpha value is -6.92. The van der Waals surface area contributed by atoms with E-state index < -0.39 is 34.3 Å². The van der Waals surface area contributed by atoms with Crippen molar-refractivity contribution >= 4 is 27.7 Å². The first-order valence-corrected chi connectivity index (χ1v) is 23.6. The number of ether oxygens (including phenoxy) is 1. The zero-order chi connectivity index (χ0) is 48.2. The second kappa shape index (κ2) is 14.8. The quantitative estimate of drug-likeness (QED) is 0.176. The number of hydrogen-bond donors (Lipinski definition) is 1. The molecule has 0 bridgehead atoms. The monoisotopic (exact) mass is 937 g/mol. The summed E-state index contributed by atoms with van der Waals surface area (Å²) in [5, 5.41) is 14.9. The number of fused-ring (bicyclic) bond motifs is 4. The number of likely N-dealkylation sites (N-methyl/N-ethyl adjacent to an activating group) is 1. The highest BCUT2D eigenvalue weighted by Gasteiger charge is 2.60. The average molecular weight is 938 g/mol. The van der Waals surface area contributed by atoms with Crippen LogP contribution in [0.2, 0.25) is 0 Å². The fourth-order valence-electron chi connectivity index (χ4n) is 12.2. The predicted molar refractivity (Wildman–Crippen MR) is 253 cm³/mol. The zero-order valence-electron chi connectivity index (χ0n) is 39.8. The fourth-order valence-corrected chi connectivity index (χ4v) is 12.2. The molecule has 4 atom stereocenters. The minimum atomic E-state index is -0.877. The summed E-state index contributed by atoms with van der Waals surface area (Å²) in [7, 11) is 3.74. The molecule has 12 rings (SSSR count). The number of hydrogen-bond acceptors (Lipinski definition) is 9. The second-order valence-electron chi connectivity index (χ2n) is 20.8. The molecule has 1 N–H and O–H groups in total. The summed E-state index contributed by atoms with van der Waals surface area (Å²) in [6.45, 7) is 13.7. The number of aromatic amines is 1. The number of nitrogens with one attached hydrogen (secondary N) is 1. The molecule has 356 valence electrons. The topological polar surface area (TPSA) is 159 Å². The van der Waals surface area contributed by atoms with Gasteiger partial charge in [0.1, 0.15) is 22.9 Å². The van der Waals surface area contributed by atoms with E-state index in [9.17, 15) is 9.59 Å². The Morgan fingerprint density at radius 2 is 1.62 bits per heavy atom. The van der Waals surface area contributed by atoms with E-state index in [-0.39, 0.29) is 40.2 Å². The predicted octanol–water partition coefficient (Wildman–Crippen LogP) is 7.08. The molecule has 3 aliphatic heterocycles. The molecule has 1 amide bonds. The van der Waals surface area contributed by atoms with Gasteiger partial charge < -0.3 is 19.1 Å². The highest BCUT2D eigenvalue weighted by molar-refractivity contribution is 6.00. The first-order chi connectivity index (χ1) is 32.9. The number of likely N-dealkylation sites (tertiary alicyclic amines) is 1. The van der Waals surface area contributed by atoms with Gasteiger partial charge in [0.15, 0.2) is 11.6 Å². The lowest BCUT2D eigenvalue weighted by molar-refractivity contribution is -0.0592. The van der Waals surface area contributed by atoms with Gasteiger partial charge in [-0.25, -0.2) is 23.1 Å². The summed E-state index contributed by atoms with van der Waals surface area (Å²) < 4.78 is 50.9. The SMILES string of the molecule is Cc1cc(-n2nc3c(c2-n2ccn(-c4ccc5c(cnn5C)c4F)c2=O)[C@H](C)N(C(=O)c2cc4cc([C@H]5CCOC(C)(C)C5)ccc4n2[C@@]2(c4noc(=O)[nH]4)C[C@@H]2C)CC32CN(C)C2)cc(C)c1F. The molecule has 16 nitrogen and oxygen atoms in total. The van der Waals surface area contributed by atoms with Crippen LogP contribution in [0.4, 0.5) is 8.78 Å². The van der Waals surface area contributed by atoms with E-state index in [0.29, 0.717) is 77.9 Å². The third-order valence-corrected chi connectivity index (χ3v) is 15.7. The number of carbonyl (C=O) groups is 1. The Morgan fingerprint density at radius 3 is 2.30 bits per heavy atom. The van der Waals surface area contributed by atoms with Crippen LogP contribution in [-0.4, -0.2) is 98.0 Å². The van der Waals surface area contributed by atoms with E-state index in [2.05, 4.69) is 63.7 Å². The summed E-state index contributed by atoms with van der Waals surface area (Å²) in [6, 6.07) is 14.4. The molecule has 69 heavy (non-hydrogen) atoms. The van der Waals surface area contributed by atoms with E-state index in [0.717, 1.165) is 35.0 Å². The largest absolute Gasteiger partial charge is 0.438 e. The molecule has 0 radical (unpaired) electrons. The van der Waals surface area contributed by atoms with Crippen LogP contribution < -0.4 is 11.4 Å². The van der Waals surface area contributed by atoms with Crippen molar-refractivity contribution in [3.8, 4) is 17.2 Å². The first-order valence-electron chi connectivity index (χ1n) is 23.6. The van der Waals surface area contributed by atoms with E-state index in [1.807, 2.05) is 24.9 Å². The molecule has 8 heterocycles. The minimum Gasteiger partial charge on any atom is -0.376 e. The van der Waals surface area contributed by atoms with Crippen LogP contribution in [-0.2, 0) is 22.7 Å². The van der Waals surface area contributed by atoms with Gasteiger partial charge >= 0.3 is 11.4 Å². The van der Waals surface area contributed by atoms with Crippen molar-refractivity contribution in [1.82, 2.24) is 53.2 Å². The summed E-state index contributed by atoms with van der Waals surface area (Å²) in [6.07, 6.45) is 6.88. The van der Waals surface area contributed by atoms with Crippen molar-refractivity contribution in [3.05, 3.63) is 139 Å². The molecule has 1 aliphatic carbocycles. The summed E-state index contributed by atoms with van der Waals surface area (Å²) in [4.78, 5) is 50.4. The van der Waals surface area contributed by atoms with Gasteiger partial charge in [-0.1, -0.05) is 18.1 Å². The molecule has 1 saturated carbocycles. The number of rotatable bonds is 7. The third-order valence-electron chi connectivity index (χ3n) is 15.7. The molecule has 18 heteroatoms. The lowest BCUT2D eigenvalue weighted by atomic mass is 9.71. The van der Waals surface area contributed by atoms with Gasteiger partial charge in [-0.15, -0.1) is 0 Å². The Bertz CT molecular complexity index is 3560. The highest BCUT2D eigenvalue weighted by atomic mass is 19.1. The Balaban J connectivity index is 1.05. The van der Waals surface area contributed by atoms with Crippen LogP contribution in [0.5, 0.6) is 0 Å². The number of benzene rings is 3. The van der Waals surface area contributed by atoms with Crippen LogP contribution in [0, 0.1) is 31.4 Å². The molecule has 1 spiro atoms. The van der Waals surface area contributed by atoms with Crippen molar-refractivity contribution in [2.45, 2.75) is 89.3 Å². The lowest BCUT2D eigenvalue weighted by Gasteiger charge is -2.54. The second-order valence-corrected chi connectivity index (χ2v) is 20.8. The van der Waals surface area contributed by atoms with Gasteiger partial charge in [-0.2, -0.15) is 10.2 Å². The van der Waals surface area contributed by atoms with Crippen LogP contribution in [0.1, 0.15) is 103 Å². The van der Waals surface area contributed by atoms with E-state index in [1.54, 1.807) is 60.7 Å². The van der Waals surface area contributed by atoms with Crippen LogP contribution in [0.3, 0.4) is 0 Å². The van der Waals surface area contributed by atoms with Gasteiger partial charge in [-0.05, 0) is 132 Å². The zero-order valence-corrected chi connectivity index (χ0v) is 39.8. The molecule has 4 aliphatic rings. The number of aromatic nitrogens is 9. The number of nitrogens with zero attached hydrogens (tertiary/aromatic N) is 10. The maximum atomic E-state index is 16.3. The molecule has 3 aromatic carbocycles. The summed E-state index contributed by atoms with van der Waals surface area (Å²) >= 11 is 0. The smallest absolute Gasteiger partial charge is 0.376 e. The van der Waals surface area contributed by atoms with Gasteiger partial charge in [-0.3, -0.25) is 28.1 Å². The molecular weight excluding hydrogens is 885 g/mol. The number of carbonyl (C=O) groups excluding carboxylic acids is 1. The maximum Gasteiger partial charge on any atom is 0.438 e. The van der Waals surface area contributed by atoms with E-state index in [1.165, 1.54) is 21.5 Å². The normalized spacial score (nSPS) is 23.0. The molecule has 8 aromatic rings. The number of amides is 1. The van der Waals surface area contributed by atoms with Crippen molar-refractivity contribution < 1.29 is 22.8 Å². The number of imidazole rings is 1. The highest BCUT2D eigenvalue weighted by Crippen LogP contribution is 2.56. The van der Waals surface area contributed by atoms with Crippen LogP contribution >= 0.6 is 0 Å². The first kappa shape index (κ1) is 43.4. The molecule has 5 aromatic heterocycles. The van der Waals surface area contributed by atoms with E-state index >= 15 is 13.6 Å². The Kier molecular flexibility index (Phi) is 9.30. The number of H-pyrrole nitrogens is 1. The van der Waals surface area contributed by atoms with Crippen molar-refractivity contribution in [1.29, 1.82) is 0 Å². The minimum absolute atomic E-state index is 0.0135. The molecule has 2 saturated heterocycles. The fraction of sp³-hybridized carbons (Fsp3) is 0.412. The van der Waals surface area contributed by atoms with E-state index in [4.69, 9.17) is 14.4 Å². The number of halogens is 2. The summed E-state index contributed by atoms with van der Waals surface area (Å²) in [5.74, 6) is -0.914. The third kappa shape index (κ3) is 6.29. The van der Waals surface area contributed by atoms with Crippen molar-refractivity contribution in [2.24, 2.45) is 13.0 Å². The van der Waals surface area contributed by atoms with Crippen LogP contribution in [0.25, 0.3) is 39.0 Å². The Labute approximate surface area is 394 Å². The summed E-state index contributed by atoms with van der Waals surface area (Å²) in [5.41, 5.74) is 3.35. The van der Waals surface area contributed by atoms with Gasteiger partial charge in [0.25, 0.3) is 5.91 Å². The molecule has 3 fully saturated rings. The van der Waals surface area contributed by atoms with Crippen molar-refractivity contribution in [2.75, 3.05) is 33.3 Å². The van der Waals surface area contributed by atoms with Crippen molar-refractivity contribution in [3.63, 3.8) is 0 Å². The van der Waals surface area contributed by atoms with Gasteiger partial charge in [0, 0.05) is 62.1 Å². The standard InChI is InChI=1S/C51H53F2N11O5/c1-27-17-34(18-28(2)41(27)52)64-44(61-15-14-60(48(61)67)38-12-11-37-35(42(38)53)23-54-59(37)8)40-30(4)62(26-50(43(40)56-64)24-58(7)25-50)45(65)39-20-33-19-31(32-13-16-68-49(5,6)22-32)9-10-36(33)63(39)51(21-29(51)3)46-55-47(66)69-57-46/h9-12,14-15,17-20,23,29-30,32H,13,16,21-22,24-26H2,1-8H3,(H,55,57,66)/t29-,30-,32-,51-/m0/s1. The average Bonchev–Trinajstić information content (AvgIpc) is 3.94. The molecular formula is C51H53F2N11O5. The molecule has 0 unspecified atom stereocenters. The van der Waals surface area contributed by atoms with Gasteiger partial charge in [0.2, 0.25) is 0 Å². The number of aryl methyl sites for hydroxylation is 3. The Morgan fingerprint density at radius 1 is 0.899 bits per heavy atom. The van der Waals surface area contributed by atoms with Crippen LogP contribution in [0.15, 0.2) is 81.2 Å². The lowest BCUT2D eigenvalue weighted by Crippen LogP contribution is -2.65. The van der Waals surface area contributed by atoms with Gasteiger partial charge in [0.05, 0.1) is 51.2 Å². The maximum absolute atomic E-state index is 16.3.